The highest BCUT2D eigenvalue weighted by Crippen LogP contribution is 2.28. The van der Waals surface area contributed by atoms with E-state index in [4.69, 9.17) is 4.74 Å². The summed E-state index contributed by atoms with van der Waals surface area (Å²) in [6.45, 7) is 7.24. The Morgan fingerprint density at radius 2 is 2.09 bits per heavy atom. The third-order valence-corrected chi connectivity index (χ3v) is 5.60. The van der Waals surface area contributed by atoms with E-state index in [-0.39, 0.29) is 25.8 Å². The van der Waals surface area contributed by atoms with Crippen LogP contribution in [0.25, 0.3) is 11.1 Å². The standard InChI is InChI=1S/C25H28N4O2.H2S/c1-18-12-23(29-10-11-31-17-19(29)2)7-8-24(18)21-5-6-22(27-16-21)13-25(30)28-15-20-4-3-9-26-14-20;/h3-9,12,14,16,19H,10-11,13,15,17H2,1-2H3,(H,28,30);1H2/t19-;/m0./s1. The number of amides is 1. The minimum absolute atomic E-state index is 0. The molecule has 168 valence electrons. The summed E-state index contributed by atoms with van der Waals surface area (Å²) >= 11 is 0. The van der Waals surface area contributed by atoms with E-state index in [0.717, 1.165) is 42.1 Å². The monoisotopic (exact) mass is 450 g/mol. The van der Waals surface area contributed by atoms with Gasteiger partial charge in [-0.05, 0) is 54.8 Å². The van der Waals surface area contributed by atoms with Crippen LogP contribution in [-0.4, -0.2) is 41.7 Å². The second-order valence-electron chi connectivity index (χ2n) is 7.97. The van der Waals surface area contributed by atoms with Gasteiger partial charge in [0.05, 0.1) is 19.6 Å². The van der Waals surface area contributed by atoms with Gasteiger partial charge >= 0.3 is 0 Å². The average Bonchev–Trinajstić information content (AvgIpc) is 2.79. The van der Waals surface area contributed by atoms with Gasteiger partial charge in [0.15, 0.2) is 0 Å². The van der Waals surface area contributed by atoms with E-state index in [1.807, 2.05) is 30.5 Å². The van der Waals surface area contributed by atoms with Crippen LogP contribution in [0.1, 0.15) is 23.7 Å². The summed E-state index contributed by atoms with van der Waals surface area (Å²) in [7, 11) is 0. The molecule has 1 amide bonds. The quantitative estimate of drug-likeness (QED) is 0.621. The molecule has 1 saturated heterocycles. The molecule has 0 aliphatic carbocycles. The van der Waals surface area contributed by atoms with Crippen LogP contribution in [0.3, 0.4) is 0 Å². The van der Waals surface area contributed by atoms with Crippen molar-refractivity contribution in [2.24, 2.45) is 0 Å². The SMILES string of the molecule is Cc1cc(N2CCOC[C@@H]2C)ccc1-c1ccc(CC(=O)NCc2cccnc2)nc1.S. The molecule has 1 aromatic carbocycles. The van der Waals surface area contributed by atoms with Crippen molar-refractivity contribution in [2.75, 3.05) is 24.7 Å². The lowest BCUT2D eigenvalue weighted by Gasteiger charge is -2.35. The Morgan fingerprint density at radius 1 is 1.22 bits per heavy atom. The van der Waals surface area contributed by atoms with Gasteiger partial charge in [0.25, 0.3) is 0 Å². The Balaban J connectivity index is 0.00000289. The molecule has 1 aliphatic rings. The van der Waals surface area contributed by atoms with Crippen molar-refractivity contribution in [2.45, 2.75) is 32.9 Å². The summed E-state index contributed by atoms with van der Waals surface area (Å²) in [5, 5.41) is 2.91. The number of morpholine rings is 1. The summed E-state index contributed by atoms with van der Waals surface area (Å²) in [6.07, 6.45) is 5.58. The van der Waals surface area contributed by atoms with Crippen molar-refractivity contribution < 1.29 is 9.53 Å². The van der Waals surface area contributed by atoms with Gasteiger partial charge in [-0.1, -0.05) is 18.2 Å². The summed E-state index contributed by atoms with van der Waals surface area (Å²) in [5.41, 5.74) is 6.38. The van der Waals surface area contributed by atoms with Crippen molar-refractivity contribution in [3.05, 3.63) is 77.9 Å². The van der Waals surface area contributed by atoms with Crippen molar-refractivity contribution in [1.29, 1.82) is 0 Å². The maximum absolute atomic E-state index is 12.2. The topological polar surface area (TPSA) is 67.3 Å². The van der Waals surface area contributed by atoms with Crippen LogP contribution in [0.15, 0.2) is 61.1 Å². The largest absolute Gasteiger partial charge is 0.377 e. The van der Waals surface area contributed by atoms with Gasteiger partial charge in [-0.15, -0.1) is 0 Å². The molecule has 4 rings (SSSR count). The number of nitrogens with zero attached hydrogens (tertiary/aromatic N) is 3. The highest BCUT2D eigenvalue weighted by Gasteiger charge is 2.19. The molecule has 7 heteroatoms. The van der Waals surface area contributed by atoms with Gasteiger partial charge in [0.2, 0.25) is 5.91 Å². The van der Waals surface area contributed by atoms with Gasteiger partial charge < -0.3 is 15.0 Å². The molecule has 1 aliphatic heterocycles. The number of rotatable bonds is 6. The van der Waals surface area contributed by atoms with Crippen molar-refractivity contribution >= 4 is 25.1 Å². The molecular weight excluding hydrogens is 420 g/mol. The highest BCUT2D eigenvalue weighted by atomic mass is 32.1. The fourth-order valence-corrected chi connectivity index (χ4v) is 3.88. The Morgan fingerprint density at radius 3 is 2.78 bits per heavy atom. The van der Waals surface area contributed by atoms with Crippen LogP contribution in [0.4, 0.5) is 5.69 Å². The summed E-state index contributed by atoms with van der Waals surface area (Å²) in [6, 6.07) is 14.7. The third-order valence-electron chi connectivity index (χ3n) is 5.60. The number of carbonyl (C=O) groups excluding carboxylic acids is 1. The predicted octanol–water partition coefficient (Wildman–Crippen LogP) is 3.65. The molecule has 0 saturated carbocycles. The predicted molar refractivity (Wildman–Crippen MR) is 132 cm³/mol. The zero-order valence-electron chi connectivity index (χ0n) is 18.5. The van der Waals surface area contributed by atoms with Crippen LogP contribution >= 0.6 is 13.5 Å². The summed E-state index contributed by atoms with van der Waals surface area (Å²) in [4.78, 5) is 23.2. The second-order valence-corrected chi connectivity index (χ2v) is 7.97. The van der Waals surface area contributed by atoms with Gasteiger partial charge in [-0.25, -0.2) is 0 Å². The van der Waals surface area contributed by atoms with E-state index in [1.165, 1.54) is 11.3 Å². The number of carbonyl (C=O) groups is 1. The molecule has 32 heavy (non-hydrogen) atoms. The second kappa shape index (κ2) is 11.1. The van der Waals surface area contributed by atoms with Crippen molar-refractivity contribution in [1.82, 2.24) is 15.3 Å². The number of pyridine rings is 2. The number of hydrogen-bond acceptors (Lipinski definition) is 5. The van der Waals surface area contributed by atoms with E-state index in [2.05, 4.69) is 52.2 Å². The lowest BCUT2D eigenvalue weighted by Crippen LogP contribution is -2.43. The van der Waals surface area contributed by atoms with Gasteiger partial charge in [-0.3, -0.25) is 14.8 Å². The number of benzene rings is 1. The summed E-state index contributed by atoms with van der Waals surface area (Å²) in [5.74, 6) is -0.0516. The van der Waals surface area contributed by atoms with Crippen LogP contribution in [0, 0.1) is 6.92 Å². The molecule has 0 bridgehead atoms. The molecule has 1 fully saturated rings. The molecular formula is C25H30N4O2S. The fraction of sp³-hybridized carbons (Fsp3) is 0.320. The Hall–Kier alpha value is -2.90. The molecule has 1 atom stereocenters. The number of anilines is 1. The number of hydrogen-bond donors (Lipinski definition) is 1. The van der Waals surface area contributed by atoms with Gasteiger partial charge in [0.1, 0.15) is 0 Å². The normalized spacial score (nSPS) is 15.7. The van der Waals surface area contributed by atoms with Crippen LogP contribution < -0.4 is 10.2 Å². The van der Waals surface area contributed by atoms with E-state index in [0.29, 0.717) is 12.6 Å². The molecule has 0 spiro atoms. The van der Waals surface area contributed by atoms with Crippen LogP contribution in [0.2, 0.25) is 0 Å². The first-order chi connectivity index (χ1) is 15.1. The minimum Gasteiger partial charge on any atom is -0.377 e. The molecule has 3 heterocycles. The Labute approximate surface area is 196 Å². The third kappa shape index (κ3) is 5.87. The number of aromatic nitrogens is 2. The Kier molecular flexibility index (Phi) is 8.25. The summed E-state index contributed by atoms with van der Waals surface area (Å²) < 4.78 is 5.55. The first-order valence-corrected chi connectivity index (χ1v) is 10.7. The first kappa shape index (κ1) is 23.8. The number of nitrogens with one attached hydrogen (secondary N) is 1. The molecule has 0 unspecified atom stereocenters. The van der Waals surface area contributed by atoms with Crippen LogP contribution in [0.5, 0.6) is 0 Å². The van der Waals surface area contributed by atoms with E-state index < -0.39 is 0 Å². The number of ether oxygens (including phenoxy) is 1. The molecule has 6 nitrogen and oxygen atoms in total. The zero-order valence-corrected chi connectivity index (χ0v) is 19.5. The molecule has 2 aromatic heterocycles. The van der Waals surface area contributed by atoms with E-state index >= 15 is 0 Å². The Bertz CT molecular complexity index is 1030. The fourth-order valence-electron chi connectivity index (χ4n) is 3.88. The van der Waals surface area contributed by atoms with Crippen LogP contribution in [-0.2, 0) is 22.5 Å². The first-order valence-electron chi connectivity index (χ1n) is 10.7. The lowest BCUT2D eigenvalue weighted by molar-refractivity contribution is -0.120. The van der Waals surface area contributed by atoms with Gasteiger partial charge in [0, 0.05) is 54.7 Å². The molecule has 1 N–H and O–H groups in total. The minimum atomic E-state index is -0.0516. The van der Waals surface area contributed by atoms with E-state index in [1.54, 1.807) is 12.4 Å². The zero-order chi connectivity index (χ0) is 21.6. The average molecular weight is 451 g/mol. The van der Waals surface area contributed by atoms with E-state index in [9.17, 15) is 4.79 Å². The smallest absolute Gasteiger partial charge is 0.226 e. The number of aryl methyl sites for hydroxylation is 1. The highest BCUT2D eigenvalue weighted by molar-refractivity contribution is 7.59. The van der Waals surface area contributed by atoms with Crippen molar-refractivity contribution in [3.8, 4) is 11.1 Å². The van der Waals surface area contributed by atoms with Gasteiger partial charge in [-0.2, -0.15) is 13.5 Å². The maximum Gasteiger partial charge on any atom is 0.226 e. The maximum atomic E-state index is 12.2. The lowest BCUT2D eigenvalue weighted by atomic mass is 10.00. The molecule has 3 aromatic rings. The van der Waals surface area contributed by atoms with Crippen molar-refractivity contribution in [3.63, 3.8) is 0 Å². The molecule has 0 radical (unpaired) electrons.